The lowest BCUT2D eigenvalue weighted by atomic mass is 9.91. The van der Waals surface area contributed by atoms with Crippen molar-refractivity contribution in [3.8, 4) is 5.75 Å². The van der Waals surface area contributed by atoms with Gasteiger partial charge in [0.1, 0.15) is 5.75 Å². The molecule has 1 heterocycles. The molecule has 1 aromatic heterocycles. The zero-order chi connectivity index (χ0) is 22.5. The second-order valence-electron chi connectivity index (χ2n) is 9.44. The van der Waals surface area contributed by atoms with Crippen molar-refractivity contribution in [2.45, 2.75) is 71.9 Å². The van der Waals surface area contributed by atoms with Gasteiger partial charge in [-0.2, -0.15) is 0 Å². The molecule has 30 heavy (non-hydrogen) atoms. The number of methoxy groups -OCH3 is 1. The van der Waals surface area contributed by atoms with Gasteiger partial charge in [-0.3, -0.25) is 9.78 Å². The average Bonchev–Trinajstić information content (AvgIpc) is 2.69. The highest BCUT2D eigenvalue weighted by Gasteiger charge is 2.18. The maximum absolute atomic E-state index is 12.0. The first-order chi connectivity index (χ1) is 14.0. The monoisotopic (exact) mass is 414 g/mol. The highest BCUT2D eigenvalue weighted by Crippen LogP contribution is 2.31. The Kier molecular flexibility index (Phi) is 8.07. The number of fused-ring (bicyclic) bond motifs is 1. The van der Waals surface area contributed by atoms with Crippen LogP contribution in [0.4, 0.5) is 5.69 Å². The third-order valence-corrected chi connectivity index (χ3v) is 5.31. The standard InChI is InChI=1S/C24H38N4O2/c1-15(2)21(25)23(29)26-12-8-9-16(3)27-19-14-18(30-7)13-17-10-11-20(24(4,5)6)28-22(17)19/h10-11,13-16,21,27H,8-9,12,25H2,1-7H3,(H,26,29)/t16?,21-/m0/s1. The summed E-state index contributed by atoms with van der Waals surface area (Å²) in [5.74, 6) is 0.859. The lowest BCUT2D eigenvalue weighted by Gasteiger charge is -2.21. The summed E-state index contributed by atoms with van der Waals surface area (Å²) < 4.78 is 5.48. The topological polar surface area (TPSA) is 89.3 Å². The molecule has 166 valence electrons. The number of benzene rings is 1. The Hall–Kier alpha value is -2.34. The molecule has 6 nitrogen and oxygen atoms in total. The van der Waals surface area contributed by atoms with E-state index in [-0.39, 0.29) is 23.3 Å². The van der Waals surface area contributed by atoms with Crippen molar-refractivity contribution in [3.05, 3.63) is 30.0 Å². The molecule has 0 fully saturated rings. The average molecular weight is 415 g/mol. The van der Waals surface area contributed by atoms with Crippen LogP contribution >= 0.6 is 0 Å². The van der Waals surface area contributed by atoms with Gasteiger partial charge in [-0.15, -0.1) is 0 Å². The Morgan fingerprint density at radius 1 is 1.20 bits per heavy atom. The van der Waals surface area contributed by atoms with Crippen LogP contribution in [0.15, 0.2) is 24.3 Å². The maximum Gasteiger partial charge on any atom is 0.237 e. The van der Waals surface area contributed by atoms with Crippen LogP contribution in [0.2, 0.25) is 0 Å². The van der Waals surface area contributed by atoms with E-state index >= 15 is 0 Å². The Labute approximate surface area is 181 Å². The van der Waals surface area contributed by atoms with E-state index in [1.54, 1.807) is 7.11 Å². The molecule has 0 radical (unpaired) electrons. The molecule has 2 rings (SSSR count). The normalized spacial score (nSPS) is 13.9. The lowest BCUT2D eigenvalue weighted by molar-refractivity contribution is -0.123. The van der Waals surface area contributed by atoms with E-state index in [0.717, 1.165) is 40.9 Å². The summed E-state index contributed by atoms with van der Waals surface area (Å²) in [7, 11) is 1.68. The summed E-state index contributed by atoms with van der Waals surface area (Å²) in [4.78, 5) is 16.9. The summed E-state index contributed by atoms with van der Waals surface area (Å²) in [6.45, 7) is 13.2. The molecule has 6 heteroatoms. The molecule has 0 aliphatic carbocycles. The Balaban J connectivity index is 2.07. The van der Waals surface area contributed by atoms with Crippen molar-refractivity contribution < 1.29 is 9.53 Å². The summed E-state index contributed by atoms with van der Waals surface area (Å²) in [6.07, 6.45) is 1.78. The molecule has 2 aromatic rings. The molecule has 0 saturated heterocycles. The highest BCUT2D eigenvalue weighted by molar-refractivity contribution is 5.92. The van der Waals surface area contributed by atoms with Crippen LogP contribution < -0.4 is 21.1 Å². The SMILES string of the molecule is COc1cc(NC(C)CCCNC(=O)[C@@H](N)C(C)C)c2nc(C(C)(C)C)ccc2c1. The number of nitrogens with two attached hydrogens (primary N) is 1. The van der Waals surface area contributed by atoms with Gasteiger partial charge < -0.3 is 21.1 Å². The van der Waals surface area contributed by atoms with Crippen molar-refractivity contribution in [2.24, 2.45) is 11.7 Å². The number of carbonyl (C=O) groups is 1. The van der Waals surface area contributed by atoms with Gasteiger partial charge in [0.2, 0.25) is 5.91 Å². The molecule has 4 N–H and O–H groups in total. The van der Waals surface area contributed by atoms with E-state index in [1.165, 1.54) is 0 Å². The van der Waals surface area contributed by atoms with Crippen LogP contribution in [0.1, 0.15) is 60.1 Å². The van der Waals surface area contributed by atoms with Gasteiger partial charge in [-0.05, 0) is 37.8 Å². The Bertz CT molecular complexity index is 858. The van der Waals surface area contributed by atoms with Crippen molar-refractivity contribution in [2.75, 3.05) is 19.0 Å². The van der Waals surface area contributed by atoms with Gasteiger partial charge in [0.05, 0.1) is 24.4 Å². The molecule has 0 bridgehead atoms. The van der Waals surface area contributed by atoms with Crippen LogP contribution in [-0.2, 0) is 10.2 Å². The number of rotatable bonds is 9. The fraction of sp³-hybridized carbons (Fsp3) is 0.583. The molecule has 1 amide bonds. The Morgan fingerprint density at radius 2 is 1.90 bits per heavy atom. The van der Waals surface area contributed by atoms with Crippen LogP contribution in [0.5, 0.6) is 5.75 Å². The van der Waals surface area contributed by atoms with Gasteiger partial charge in [0.25, 0.3) is 0 Å². The second-order valence-corrected chi connectivity index (χ2v) is 9.44. The summed E-state index contributed by atoms with van der Waals surface area (Å²) in [5, 5.41) is 7.57. The van der Waals surface area contributed by atoms with E-state index in [0.29, 0.717) is 6.54 Å². The number of carbonyl (C=O) groups excluding carboxylic acids is 1. The first-order valence-electron chi connectivity index (χ1n) is 10.8. The van der Waals surface area contributed by atoms with E-state index in [2.05, 4.69) is 50.5 Å². The molecule has 0 aliphatic rings. The number of anilines is 1. The zero-order valence-electron chi connectivity index (χ0n) is 19.5. The van der Waals surface area contributed by atoms with Crippen molar-refractivity contribution >= 4 is 22.5 Å². The minimum atomic E-state index is -0.452. The first-order valence-corrected chi connectivity index (χ1v) is 10.8. The number of nitrogens with one attached hydrogen (secondary N) is 2. The highest BCUT2D eigenvalue weighted by atomic mass is 16.5. The van der Waals surface area contributed by atoms with Gasteiger partial charge in [-0.1, -0.05) is 40.7 Å². The molecular weight excluding hydrogens is 376 g/mol. The molecule has 0 spiro atoms. The second kappa shape index (κ2) is 10.1. The lowest BCUT2D eigenvalue weighted by Crippen LogP contribution is -2.44. The van der Waals surface area contributed by atoms with Gasteiger partial charge in [0, 0.05) is 35.1 Å². The summed E-state index contributed by atoms with van der Waals surface area (Å²) >= 11 is 0. The van der Waals surface area contributed by atoms with Crippen LogP contribution in [0, 0.1) is 5.92 Å². The molecule has 2 atom stereocenters. The number of aromatic nitrogens is 1. The third-order valence-electron chi connectivity index (χ3n) is 5.31. The van der Waals surface area contributed by atoms with Crippen molar-refractivity contribution in [1.82, 2.24) is 10.3 Å². The Morgan fingerprint density at radius 3 is 2.50 bits per heavy atom. The van der Waals surface area contributed by atoms with E-state index in [1.807, 2.05) is 26.0 Å². The smallest absolute Gasteiger partial charge is 0.237 e. The number of hydrogen-bond acceptors (Lipinski definition) is 5. The van der Waals surface area contributed by atoms with Crippen LogP contribution in [0.25, 0.3) is 10.9 Å². The molecule has 1 unspecified atom stereocenters. The number of nitrogens with zero attached hydrogens (tertiary/aromatic N) is 1. The number of amides is 1. The summed E-state index contributed by atoms with van der Waals surface area (Å²) in [5.41, 5.74) is 8.83. The number of ether oxygens (including phenoxy) is 1. The summed E-state index contributed by atoms with van der Waals surface area (Å²) in [6, 6.07) is 7.97. The minimum Gasteiger partial charge on any atom is -0.497 e. The van der Waals surface area contributed by atoms with Crippen molar-refractivity contribution in [3.63, 3.8) is 0 Å². The molecule has 0 saturated carbocycles. The van der Waals surface area contributed by atoms with Gasteiger partial charge in [0.15, 0.2) is 0 Å². The quantitative estimate of drug-likeness (QED) is 0.535. The van der Waals surface area contributed by atoms with Crippen LogP contribution in [0.3, 0.4) is 0 Å². The molecule has 0 aliphatic heterocycles. The van der Waals surface area contributed by atoms with Crippen molar-refractivity contribution in [1.29, 1.82) is 0 Å². The largest absolute Gasteiger partial charge is 0.497 e. The van der Waals surface area contributed by atoms with Gasteiger partial charge >= 0.3 is 0 Å². The van der Waals surface area contributed by atoms with Crippen LogP contribution in [-0.4, -0.2) is 36.6 Å². The minimum absolute atomic E-state index is 0.0218. The fourth-order valence-electron chi connectivity index (χ4n) is 3.23. The number of pyridine rings is 1. The third kappa shape index (κ3) is 6.33. The first kappa shape index (κ1) is 23.9. The van der Waals surface area contributed by atoms with E-state index in [4.69, 9.17) is 15.5 Å². The predicted octanol–water partition coefficient (Wildman–Crippen LogP) is 4.22. The maximum atomic E-state index is 12.0. The zero-order valence-corrected chi connectivity index (χ0v) is 19.5. The fourth-order valence-corrected chi connectivity index (χ4v) is 3.23. The number of hydrogen-bond donors (Lipinski definition) is 3. The molecular formula is C24H38N4O2. The van der Waals surface area contributed by atoms with Gasteiger partial charge in [-0.25, -0.2) is 0 Å². The molecule has 1 aromatic carbocycles. The van der Waals surface area contributed by atoms with E-state index < -0.39 is 6.04 Å². The predicted molar refractivity (Wildman–Crippen MR) is 125 cm³/mol. The van der Waals surface area contributed by atoms with E-state index in [9.17, 15) is 4.79 Å².